The van der Waals surface area contributed by atoms with Gasteiger partial charge in [0.2, 0.25) is 0 Å². The Hall–Kier alpha value is -9.24. The number of halogens is 8. The summed E-state index contributed by atoms with van der Waals surface area (Å²) >= 11 is 0. The third-order valence-corrected chi connectivity index (χ3v) is 12.9. The molecule has 0 radical (unpaired) electrons. The molecule has 0 bridgehead atoms. The molecule has 14 aromatic rings. The van der Waals surface area contributed by atoms with Gasteiger partial charge in [0.05, 0.1) is 22.1 Å². The van der Waals surface area contributed by atoms with E-state index >= 15 is 0 Å². The molecule has 7 heterocycles. The average molecular weight is 1270 g/mol. The second-order valence-corrected chi connectivity index (χ2v) is 18.7. The molecule has 0 aliphatic carbocycles. The fourth-order valence-corrected chi connectivity index (χ4v) is 8.65. The SMILES string of the molecule is CC.CC.CC.CC.CC.CC.CC.Cc1cc(F)c2[nH]ccc2c1.Cc1cc(F)c2cc[nH]c2c1.Cc1cc2cc[nH]c2c(F)c1F.Cc1cc2cc[nH]c2cc1F.Cc1ccc(F)c2cc[nH]c12.Cc1ccc2[nH]ccc2c1F.Cc1ccc2cc[nH]c2c1F. The molecule has 0 aliphatic heterocycles. The molecule has 7 aromatic carbocycles. The first-order valence-corrected chi connectivity index (χ1v) is 31.7. The van der Waals surface area contributed by atoms with Crippen molar-refractivity contribution in [1.29, 1.82) is 0 Å². The van der Waals surface area contributed by atoms with Gasteiger partial charge in [0.1, 0.15) is 34.9 Å². The average Bonchev–Trinajstić information content (AvgIpc) is 2.29. The Morgan fingerprint density at radius 3 is 1.26 bits per heavy atom. The summed E-state index contributed by atoms with van der Waals surface area (Å²) in [7, 11) is 0. The lowest BCUT2D eigenvalue weighted by molar-refractivity contribution is 0.510. The summed E-state index contributed by atoms with van der Waals surface area (Å²) in [6.07, 6.45) is 12.1. The summed E-state index contributed by atoms with van der Waals surface area (Å²) in [5.74, 6) is -2.48. The topological polar surface area (TPSA) is 111 Å². The largest absolute Gasteiger partial charge is 0.361 e. The molecule has 92 heavy (non-hydrogen) atoms. The van der Waals surface area contributed by atoms with Gasteiger partial charge in [-0.1, -0.05) is 121 Å². The standard InChI is InChI=1S/C9H7F2N.6C9H8FN.7C2H6/c1-5-4-6-2-3-12-9(6)8(11)7(5)10;1-6-4-7-2-3-11-9(7)5-8(6)10;1-6-4-8(10)7-2-3-11-9(7)5-6;1-6-4-7-2-3-11-9(7)8(10)5-6;1-6-2-3-8-7(9(6)10)4-5-11-8;1-6-2-3-8(10)7-4-5-11-9(6)7;1-6-2-3-7-4-5-11-9(7)8(6)10;7*1-2/h2-4,12H,1H3;6*2-5,11H,1H3;7*1-2H3. The molecule has 15 heteroatoms. The van der Waals surface area contributed by atoms with Crippen molar-refractivity contribution in [2.24, 2.45) is 0 Å². The van der Waals surface area contributed by atoms with Gasteiger partial charge in [-0.2, -0.15) is 0 Å². The Bertz CT molecular complexity index is 4090. The molecule has 0 atom stereocenters. The minimum Gasteiger partial charge on any atom is -0.361 e. The van der Waals surface area contributed by atoms with Crippen LogP contribution in [0.1, 0.15) is 136 Å². The van der Waals surface area contributed by atoms with Gasteiger partial charge in [-0.05, 0) is 190 Å². The van der Waals surface area contributed by atoms with Gasteiger partial charge >= 0.3 is 0 Å². The predicted molar refractivity (Wildman–Crippen MR) is 380 cm³/mol. The smallest absolute Gasteiger partial charge is 0.183 e. The number of aryl methyl sites for hydroxylation is 7. The first kappa shape index (κ1) is 80.8. The summed E-state index contributed by atoms with van der Waals surface area (Å²) in [4.78, 5) is 20.2. The Labute approximate surface area is 539 Å². The van der Waals surface area contributed by atoms with Crippen LogP contribution in [-0.4, -0.2) is 34.9 Å². The van der Waals surface area contributed by atoms with E-state index in [0.29, 0.717) is 54.8 Å². The molecule has 7 nitrogen and oxygen atoms in total. The van der Waals surface area contributed by atoms with E-state index in [2.05, 4.69) is 34.9 Å². The highest BCUT2D eigenvalue weighted by Gasteiger charge is 2.11. The summed E-state index contributed by atoms with van der Waals surface area (Å²) in [6, 6.07) is 35.1. The first-order valence-electron chi connectivity index (χ1n) is 31.7. The zero-order valence-electron chi connectivity index (χ0n) is 57.6. The van der Waals surface area contributed by atoms with E-state index in [1.54, 1.807) is 113 Å². The zero-order valence-corrected chi connectivity index (χ0v) is 57.6. The van der Waals surface area contributed by atoms with Gasteiger partial charge in [-0.25, -0.2) is 35.1 Å². The van der Waals surface area contributed by atoms with Gasteiger partial charge in [-0.3, -0.25) is 0 Å². The lowest BCUT2D eigenvalue weighted by Crippen LogP contribution is -1.89. The maximum absolute atomic E-state index is 13.2. The second kappa shape index (κ2) is 42.7. The van der Waals surface area contributed by atoms with Gasteiger partial charge < -0.3 is 34.9 Å². The third kappa shape index (κ3) is 22.3. The lowest BCUT2D eigenvalue weighted by atomic mass is 10.1. The molecule has 0 saturated carbocycles. The van der Waals surface area contributed by atoms with Crippen molar-refractivity contribution in [1.82, 2.24) is 34.9 Å². The predicted octanol–water partition coefficient (Wildman–Crippen LogP) is 25.6. The van der Waals surface area contributed by atoms with E-state index in [-0.39, 0.29) is 40.4 Å². The molecule has 496 valence electrons. The number of aromatic amines is 7. The Morgan fingerprint density at radius 2 is 0.641 bits per heavy atom. The molecular formula is C77H97F8N7. The van der Waals surface area contributed by atoms with Gasteiger partial charge in [-0.15, -0.1) is 0 Å². The molecule has 0 spiro atoms. The maximum atomic E-state index is 13.2. The van der Waals surface area contributed by atoms with Gasteiger partial charge in [0, 0.05) is 92.2 Å². The Kier molecular flexibility index (Phi) is 37.5. The summed E-state index contributed by atoms with van der Waals surface area (Å²) in [5, 5.41) is 5.62. The van der Waals surface area contributed by atoms with Crippen LogP contribution in [0.3, 0.4) is 0 Å². The van der Waals surface area contributed by atoms with Crippen LogP contribution >= 0.6 is 0 Å². The minimum absolute atomic E-state index is 0.122. The van der Waals surface area contributed by atoms with Crippen LogP contribution < -0.4 is 0 Å². The van der Waals surface area contributed by atoms with E-state index in [9.17, 15) is 35.1 Å². The third-order valence-electron chi connectivity index (χ3n) is 12.9. The van der Waals surface area contributed by atoms with Crippen molar-refractivity contribution >= 4 is 76.3 Å². The molecule has 0 unspecified atom stereocenters. The van der Waals surface area contributed by atoms with E-state index < -0.39 is 11.6 Å². The number of nitrogens with one attached hydrogen (secondary N) is 7. The lowest BCUT2D eigenvalue weighted by Gasteiger charge is -1.98. The van der Waals surface area contributed by atoms with E-state index in [4.69, 9.17) is 0 Å². The normalized spacial score (nSPS) is 9.58. The number of rotatable bonds is 0. The molecular weight excluding hydrogens is 1170 g/mol. The molecule has 0 aliphatic rings. The highest BCUT2D eigenvalue weighted by molar-refractivity contribution is 5.85. The number of fused-ring (bicyclic) bond motifs is 7. The summed E-state index contributed by atoms with van der Waals surface area (Å²) in [6.45, 7) is 40.6. The number of aromatic nitrogens is 7. The minimum atomic E-state index is -0.796. The zero-order chi connectivity index (χ0) is 69.8. The highest BCUT2D eigenvalue weighted by Crippen LogP contribution is 2.24. The number of H-pyrrole nitrogens is 7. The maximum Gasteiger partial charge on any atom is 0.183 e. The van der Waals surface area contributed by atoms with Crippen LogP contribution in [0.4, 0.5) is 35.1 Å². The van der Waals surface area contributed by atoms with Crippen LogP contribution in [0.5, 0.6) is 0 Å². The monoisotopic (exact) mass is 1270 g/mol. The molecule has 7 aromatic heterocycles. The highest BCUT2D eigenvalue weighted by atomic mass is 19.2. The van der Waals surface area contributed by atoms with Crippen molar-refractivity contribution in [2.75, 3.05) is 0 Å². The Morgan fingerprint density at radius 1 is 0.217 bits per heavy atom. The van der Waals surface area contributed by atoms with Crippen molar-refractivity contribution in [2.45, 2.75) is 145 Å². The second-order valence-electron chi connectivity index (χ2n) is 18.7. The van der Waals surface area contributed by atoms with Crippen LogP contribution in [-0.2, 0) is 0 Å². The van der Waals surface area contributed by atoms with Crippen LogP contribution in [0, 0.1) is 95.0 Å². The number of hydrogen-bond acceptors (Lipinski definition) is 0. The van der Waals surface area contributed by atoms with Gasteiger partial charge in [0.25, 0.3) is 0 Å². The fourth-order valence-electron chi connectivity index (χ4n) is 8.65. The van der Waals surface area contributed by atoms with Crippen molar-refractivity contribution < 1.29 is 35.1 Å². The first-order chi connectivity index (χ1) is 44.4. The summed E-state index contributed by atoms with van der Waals surface area (Å²) < 4.78 is 104. The van der Waals surface area contributed by atoms with E-state index in [1.807, 2.05) is 172 Å². The molecule has 0 amide bonds. The molecule has 0 saturated heterocycles. The van der Waals surface area contributed by atoms with Crippen molar-refractivity contribution in [3.63, 3.8) is 0 Å². The number of hydrogen-bond donors (Lipinski definition) is 7. The molecule has 0 fully saturated rings. The van der Waals surface area contributed by atoms with Gasteiger partial charge in [0.15, 0.2) is 11.6 Å². The Balaban J connectivity index is 0.000000519. The summed E-state index contributed by atoms with van der Waals surface area (Å²) in [5.41, 5.74) is 10.3. The quantitative estimate of drug-likeness (QED) is 0.0734. The van der Waals surface area contributed by atoms with Crippen LogP contribution in [0.15, 0.2) is 165 Å². The molecule has 14 rings (SSSR count). The van der Waals surface area contributed by atoms with E-state index in [0.717, 1.165) is 54.9 Å². The van der Waals surface area contributed by atoms with Crippen LogP contribution in [0.2, 0.25) is 0 Å². The fraction of sp³-hybridized carbons (Fsp3) is 0.273. The van der Waals surface area contributed by atoms with Crippen molar-refractivity contribution in [3.8, 4) is 0 Å². The van der Waals surface area contributed by atoms with E-state index in [1.165, 1.54) is 24.3 Å². The molecule has 7 N–H and O–H groups in total. The van der Waals surface area contributed by atoms with Crippen molar-refractivity contribution in [3.05, 3.63) is 250 Å². The number of benzene rings is 7. The van der Waals surface area contributed by atoms with Crippen LogP contribution in [0.25, 0.3) is 76.3 Å².